The zero-order valence-corrected chi connectivity index (χ0v) is 10.4. The summed E-state index contributed by atoms with van der Waals surface area (Å²) in [6.45, 7) is 3.43. The normalized spacial score (nSPS) is 12.1. The number of aromatic amines is 1. The minimum absolute atomic E-state index is 0.181. The first kappa shape index (κ1) is 12.8. The Labute approximate surface area is 107 Å². The molecular formula is C11H11N5O3. The first-order valence-corrected chi connectivity index (χ1v) is 5.59. The van der Waals surface area contributed by atoms with E-state index in [1.165, 1.54) is 10.5 Å². The van der Waals surface area contributed by atoms with E-state index in [9.17, 15) is 9.59 Å². The van der Waals surface area contributed by atoms with Gasteiger partial charge in [0.2, 0.25) is 0 Å². The van der Waals surface area contributed by atoms with E-state index in [1.54, 1.807) is 13.8 Å². The number of rotatable bonds is 3. The summed E-state index contributed by atoms with van der Waals surface area (Å²) in [7, 11) is 0. The highest BCUT2D eigenvalue weighted by atomic mass is 16.5. The number of nitrogens with zero attached hydrogens (tertiary/aromatic N) is 4. The Morgan fingerprint density at radius 1 is 1.68 bits per heavy atom. The number of H-pyrrole nitrogens is 1. The van der Waals surface area contributed by atoms with Crippen molar-refractivity contribution in [3.05, 3.63) is 28.1 Å². The molecular weight excluding hydrogens is 250 g/mol. The van der Waals surface area contributed by atoms with Gasteiger partial charge in [0.25, 0.3) is 0 Å². The van der Waals surface area contributed by atoms with E-state index < -0.39 is 17.6 Å². The van der Waals surface area contributed by atoms with Gasteiger partial charge < -0.3 is 4.74 Å². The lowest BCUT2D eigenvalue weighted by atomic mass is 10.1. The third-order valence-electron chi connectivity index (χ3n) is 2.54. The van der Waals surface area contributed by atoms with Gasteiger partial charge in [0.1, 0.15) is 5.82 Å². The number of nitrogens with one attached hydrogen (secondary N) is 1. The van der Waals surface area contributed by atoms with E-state index in [4.69, 9.17) is 10.00 Å². The summed E-state index contributed by atoms with van der Waals surface area (Å²) in [6.07, 6.45) is 0. The molecule has 2 rings (SSSR count). The summed E-state index contributed by atoms with van der Waals surface area (Å²) in [4.78, 5) is 27.2. The third kappa shape index (κ3) is 2.18. The van der Waals surface area contributed by atoms with Gasteiger partial charge in [-0.2, -0.15) is 10.4 Å². The van der Waals surface area contributed by atoms with Crippen molar-refractivity contribution in [3.8, 4) is 6.07 Å². The van der Waals surface area contributed by atoms with Crippen molar-refractivity contribution in [1.29, 1.82) is 5.26 Å². The molecule has 0 aliphatic heterocycles. The van der Waals surface area contributed by atoms with E-state index in [1.807, 2.05) is 6.07 Å². The summed E-state index contributed by atoms with van der Waals surface area (Å²) in [5, 5.41) is 15.1. The molecule has 19 heavy (non-hydrogen) atoms. The van der Waals surface area contributed by atoms with E-state index in [2.05, 4.69) is 15.2 Å². The summed E-state index contributed by atoms with van der Waals surface area (Å²) < 4.78 is 6.06. The van der Waals surface area contributed by atoms with Gasteiger partial charge in [-0.05, 0) is 13.8 Å². The molecule has 1 N–H and O–H groups in total. The van der Waals surface area contributed by atoms with Crippen LogP contribution in [-0.2, 0) is 9.53 Å². The lowest BCUT2D eigenvalue weighted by Crippen LogP contribution is -2.19. The molecule has 0 aliphatic rings. The Balaban J connectivity index is 2.53. The average Bonchev–Trinajstić information content (AvgIpc) is 2.73. The second-order valence-corrected chi connectivity index (χ2v) is 3.76. The molecule has 1 atom stereocenters. The van der Waals surface area contributed by atoms with E-state index >= 15 is 0 Å². The number of nitriles is 1. The molecule has 0 bridgehead atoms. The predicted octanol–water partition coefficient (Wildman–Crippen LogP) is -0.104. The number of aryl methyl sites for hydroxylation is 1. The Morgan fingerprint density at radius 3 is 3.05 bits per heavy atom. The van der Waals surface area contributed by atoms with Crippen LogP contribution in [0.2, 0.25) is 0 Å². The molecule has 2 heterocycles. The minimum atomic E-state index is -1.13. The highest BCUT2D eigenvalue weighted by molar-refractivity contribution is 5.81. The Bertz CT molecular complexity index is 724. The number of carbonyl (C=O) groups excluding carboxylic acids is 1. The van der Waals surface area contributed by atoms with Crippen molar-refractivity contribution in [2.45, 2.75) is 19.8 Å². The van der Waals surface area contributed by atoms with Crippen LogP contribution in [0, 0.1) is 18.3 Å². The first-order valence-electron chi connectivity index (χ1n) is 5.59. The van der Waals surface area contributed by atoms with E-state index in [0.29, 0.717) is 11.5 Å². The lowest BCUT2D eigenvalue weighted by Gasteiger charge is -2.08. The Hall–Kier alpha value is -2.69. The van der Waals surface area contributed by atoms with Gasteiger partial charge in [-0.3, -0.25) is 4.79 Å². The van der Waals surface area contributed by atoms with Crippen LogP contribution < -0.4 is 5.69 Å². The zero-order valence-electron chi connectivity index (χ0n) is 10.4. The van der Waals surface area contributed by atoms with Gasteiger partial charge in [0.15, 0.2) is 11.6 Å². The topological polar surface area (TPSA) is 113 Å². The maximum atomic E-state index is 11.6. The van der Waals surface area contributed by atoms with E-state index in [-0.39, 0.29) is 12.3 Å². The number of hydrogen-bond acceptors (Lipinski definition) is 6. The molecule has 0 aromatic carbocycles. The van der Waals surface area contributed by atoms with Crippen LogP contribution in [0.25, 0.3) is 5.65 Å². The Kier molecular flexibility index (Phi) is 3.29. The molecule has 98 valence electrons. The summed E-state index contributed by atoms with van der Waals surface area (Å²) in [6, 6.07) is 3.25. The molecule has 2 aromatic heterocycles. The minimum Gasteiger partial charge on any atom is -0.465 e. The summed E-state index contributed by atoms with van der Waals surface area (Å²) in [5.41, 5.74) is 0.0955. The predicted molar refractivity (Wildman–Crippen MR) is 63.3 cm³/mol. The molecule has 8 nitrogen and oxygen atoms in total. The molecule has 0 aliphatic carbocycles. The number of hydrogen-bond donors (Lipinski definition) is 1. The van der Waals surface area contributed by atoms with Crippen LogP contribution in [0.15, 0.2) is 10.9 Å². The van der Waals surface area contributed by atoms with Gasteiger partial charge >= 0.3 is 11.7 Å². The number of carbonyl (C=O) groups is 1. The van der Waals surface area contributed by atoms with Crippen LogP contribution >= 0.6 is 0 Å². The quantitative estimate of drug-likeness (QED) is 0.771. The van der Waals surface area contributed by atoms with Crippen molar-refractivity contribution in [3.63, 3.8) is 0 Å². The molecule has 0 spiro atoms. The molecule has 0 amide bonds. The zero-order chi connectivity index (χ0) is 14.0. The maximum absolute atomic E-state index is 11.6. The van der Waals surface area contributed by atoms with Crippen LogP contribution in [0.3, 0.4) is 0 Å². The van der Waals surface area contributed by atoms with Crippen molar-refractivity contribution >= 4 is 11.6 Å². The Morgan fingerprint density at radius 2 is 2.42 bits per heavy atom. The van der Waals surface area contributed by atoms with Crippen molar-refractivity contribution < 1.29 is 9.53 Å². The molecule has 0 fully saturated rings. The van der Waals surface area contributed by atoms with Crippen LogP contribution in [0.4, 0.5) is 0 Å². The number of fused-ring (bicyclic) bond motifs is 1. The fourth-order valence-corrected chi connectivity index (χ4v) is 1.73. The van der Waals surface area contributed by atoms with Crippen molar-refractivity contribution in [2.24, 2.45) is 0 Å². The molecule has 0 saturated heterocycles. The van der Waals surface area contributed by atoms with Crippen molar-refractivity contribution in [1.82, 2.24) is 19.6 Å². The summed E-state index contributed by atoms with van der Waals surface area (Å²) in [5.74, 6) is -1.45. The molecule has 0 radical (unpaired) electrons. The van der Waals surface area contributed by atoms with Crippen LogP contribution in [-0.4, -0.2) is 32.2 Å². The SMILES string of the molecule is CCOC(=O)C(C#N)c1cc2n[nH]c(=O)n2c(C)n1. The monoisotopic (exact) mass is 261 g/mol. The smallest absolute Gasteiger partial charge is 0.349 e. The number of aromatic nitrogens is 4. The van der Waals surface area contributed by atoms with Crippen LogP contribution in [0.1, 0.15) is 24.4 Å². The van der Waals surface area contributed by atoms with Crippen molar-refractivity contribution in [2.75, 3.05) is 6.61 Å². The van der Waals surface area contributed by atoms with Gasteiger partial charge in [-0.15, -0.1) is 0 Å². The van der Waals surface area contributed by atoms with E-state index in [0.717, 1.165) is 0 Å². The van der Waals surface area contributed by atoms with Gasteiger partial charge in [-0.1, -0.05) is 0 Å². The van der Waals surface area contributed by atoms with Gasteiger partial charge in [0, 0.05) is 6.07 Å². The number of ether oxygens (including phenoxy) is 1. The second kappa shape index (κ2) is 4.89. The van der Waals surface area contributed by atoms with Gasteiger partial charge in [-0.25, -0.2) is 19.3 Å². The highest BCUT2D eigenvalue weighted by Crippen LogP contribution is 2.16. The number of esters is 1. The fraction of sp³-hybridized carbons (Fsp3) is 0.364. The van der Waals surface area contributed by atoms with Gasteiger partial charge in [0.05, 0.1) is 18.4 Å². The summed E-state index contributed by atoms with van der Waals surface area (Å²) >= 11 is 0. The molecule has 1 unspecified atom stereocenters. The van der Waals surface area contributed by atoms with Crippen LogP contribution in [0.5, 0.6) is 0 Å². The molecule has 0 saturated carbocycles. The molecule has 8 heteroatoms. The average molecular weight is 261 g/mol. The second-order valence-electron chi connectivity index (χ2n) is 3.76. The lowest BCUT2D eigenvalue weighted by molar-refractivity contribution is -0.143. The third-order valence-corrected chi connectivity index (χ3v) is 2.54. The molecule has 2 aromatic rings. The first-order chi connectivity index (χ1) is 9.08. The maximum Gasteiger partial charge on any atom is 0.349 e. The largest absolute Gasteiger partial charge is 0.465 e. The fourth-order valence-electron chi connectivity index (χ4n) is 1.73. The highest BCUT2D eigenvalue weighted by Gasteiger charge is 2.24. The standard InChI is InChI=1S/C11H11N5O3/c1-3-19-10(17)7(5-12)8-4-9-14-15-11(18)16(9)6(2)13-8/h4,7H,3H2,1-2H3,(H,15,18).